The fourth-order valence-electron chi connectivity index (χ4n) is 2.96. The summed E-state index contributed by atoms with van der Waals surface area (Å²) in [4.78, 5) is 30.0. The van der Waals surface area contributed by atoms with Gasteiger partial charge >= 0.3 is 0 Å². The van der Waals surface area contributed by atoms with Gasteiger partial charge in [-0.3, -0.25) is 14.0 Å². The third kappa shape index (κ3) is 3.31. The van der Waals surface area contributed by atoms with Gasteiger partial charge in [0.25, 0.3) is 5.56 Å². The Kier molecular flexibility index (Phi) is 4.65. The van der Waals surface area contributed by atoms with E-state index in [9.17, 15) is 9.59 Å². The number of nitrogens with zero attached hydrogens (tertiary/aromatic N) is 2. The average Bonchev–Trinajstić information content (AvgIpc) is 2.60. The van der Waals surface area contributed by atoms with E-state index in [4.69, 9.17) is 0 Å². The second kappa shape index (κ2) is 6.89. The fraction of sp³-hybridized carbons (Fsp3) is 0.250. The van der Waals surface area contributed by atoms with Crippen molar-refractivity contribution in [3.8, 4) is 0 Å². The van der Waals surface area contributed by atoms with Crippen LogP contribution < -0.4 is 10.9 Å². The van der Waals surface area contributed by atoms with E-state index in [1.165, 1.54) is 4.40 Å². The summed E-state index contributed by atoms with van der Waals surface area (Å²) in [5.74, 6) is -0.499. The zero-order valence-corrected chi connectivity index (χ0v) is 14.6. The number of fused-ring (bicyclic) bond motifs is 1. The first-order valence-corrected chi connectivity index (χ1v) is 8.36. The number of hydrogen-bond donors (Lipinski definition) is 1. The van der Waals surface area contributed by atoms with Crippen LogP contribution >= 0.6 is 0 Å². The van der Waals surface area contributed by atoms with Crippen LogP contribution in [-0.2, 0) is 4.79 Å². The molecule has 1 amide bonds. The molecule has 0 saturated carbocycles. The van der Waals surface area contributed by atoms with Crippen molar-refractivity contribution in [3.05, 3.63) is 75.8 Å². The minimum atomic E-state index is -0.307. The fourth-order valence-corrected chi connectivity index (χ4v) is 2.96. The van der Waals surface area contributed by atoms with Gasteiger partial charge in [0.15, 0.2) is 0 Å². The maximum absolute atomic E-state index is 12.8. The van der Waals surface area contributed by atoms with Crippen molar-refractivity contribution in [2.24, 2.45) is 0 Å². The third-order valence-electron chi connectivity index (χ3n) is 4.34. The van der Waals surface area contributed by atoms with E-state index in [1.54, 1.807) is 13.1 Å². The molecule has 0 aliphatic rings. The highest BCUT2D eigenvalue weighted by atomic mass is 16.2. The van der Waals surface area contributed by atoms with Crippen LogP contribution in [0.1, 0.15) is 36.1 Å². The molecule has 1 unspecified atom stereocenters. The smallest absolute Gasteiger partial charge is 0.281 e. The molecule has 25 heavy (non-hydrogen) atoms. The minimum Gasteiger partial charge on any atom is -0.319 e. The number of aryl methyl sites for hydroxylation is 2. The summed E-state index contributed by atoms with van der Waals surface area (Å²) < 4.78 is 1.46. The van der Waals surface area contributed by atoms with Gasteiger partial charge < -0.3 is 5.32 Å². The number of aromatic nitrogens is 2. The summed E-state index contributed by atoms with van der Waals surface area (Å²) in [6.45, 7) is 5.64. The van der Waals surface area contributed by atoms with E-state index < -0.39 is 0 Å². The number of amides is 1. The standard InChI is InChI=1S/C20H21N3O2/c1-4-16(15-8-6-5-7-9-15)19(24)22-18-14(3)21-17-12-13(2)10-11-23(17)20(18)25/h5-12,16H,4H2,1-3H3,(H,22,24). The molecule has 0 aliphatic carbocycles. The number of carbonyl (C=O) groups is 1. The minimum absolute atomic E-state index is 0.192. The van der Waals surface area contributed by atoms with Crippen LogP contribution in [0.15, 0.2) is 53.5 Å². The Bertz CT molecular complexity index is 977. The van der Waals surface area contributed by atoms with Crippen LogP contribution in [-0.4, -0.2) is 15.3 Å². The van der Waals surface area contributed by atoms with E-state index >= 15 is 0 Å². The molecule has 5 heteroatoms. The number of pyridine rings is 1. The molecule has 0 bridgehead atoms. The molecule has 5 nitrogen and oxygen atoms in total. The highest BCUT2D eigenvalue weighted by Crippen LogP contribution is 2.21. The van der Waals surface area contributed by atoms with Gasteiger partial charge in [0.05, 0.1) is 11.6 Å². The van der Waals surface area contributed by atoms with Gasteiger partial charge in [-0.1, -0.05) is 37.3 Å². The van der Waals surface area contributed by atoms with Gasteiger partial charge in [-0.2, -0.15) is 0 Å². The largest absolute Gasteiger partial charge is 0.319 e. The first-order chi connectivity index (χ1) is 12.0. The van der Waals surface area contributed by atoms with Crippen LogP contribution in [0.5, 0.6) is 0 Å². The van der Waals surface area contributed by atoms with Crippen molar-refractivity contribution in [2.75, 3.05) is 5.32 Å². The summed E-state index contributed by atoms with van der Waals surface area (Å²) in [5.41, 5.74) is 3.03. The Morgan fingerprint density at radius 2 is 1.92 bits per heavy atom. The van der Waals surface area contributed by atoms with Gasteiger partial charge in [0.1, 0.15) is 11.3 Å². The quantitative estimate of drug-likeness (QED) is 0.794. The highest BCUT2D eigenvalue weighted by Gasteiger charge is 2.21. The number of nitrogens with one attached hydrogen (secondary N) is 1. The summed E-state index contributed by atoms with van der Waals surface area (Å²) in [5, 5.41) is 2.80. The predicted octanol–water partition coefficient (Wildman–Crippen LogP) is 3.44. The summed E-state index contributed by atoms with van der Waals surface area (Å²) in [7, 11) is 0. The molecule has 2 heterocycles. The first-order valence-electron chi connectivity index (χ1n) is 8.36. The second-order valence-electron chi connectivity index (χ2n) is 6.17. The van der Waals surface area contributed by atoms with Gasteiger partial charge in [0.2, 0.25) is 5.91 Å². The molecule has 1 aromatic carbocycles. The van der Waals surface area contributed by atoms with E-state index in [-0.39, 0.29) is 23.1 Å². The Hall–Kier alpha value is -2.95. The molecule has 128 valence electrons. The van der Waals surface area contributed by atoms with Gasteiger partial charge in [-0.15, -0.1) is 0 Å². The molecule has 0 spiro atoms. The Morgan fingerprint density at radius 1 is 1.20 bits per heavy atom. The molecule has 1 atom stereocenters. The molecule has 3 rings (SSSR count). The molecule has 1 N–H and O–H groups in total. The SMILES string of the molecule is CCC(C(=O)Nc1c(C)nc2cc(C)ccn2c1=O)c1ccccc1. The summed E-state index contributed by atoms with van der Waals surface area (Å²) in [6.07, 6.45) is 2.33. The monoisotopic (exact) mass is 335 g/mol. The lowest BCUT2D eigenvalue weighted by Gasteiger charge is -2.16. The molecular weight excluding hydrogens is 314 g/mol. The maximum atomic E-state index is 12.8. The highest BCUT2D eigenvalue weighted by molar-refractivity contribution is 5.96. The third-order valence-corrected chi connectivity index (χ3v) is 4.34. The van der Waals surface area contributed by atoms with E-state index in [2.05, 4.69) is 10.3 Å². The van der Waals surface area contributed by atoms with E-state index in [0.717, 1.165) is 11.1 Å². The van der Waals surface area contributed by atoms with Crippen molar-refractivity contribution >= 4 is 17.2 Å². The average molecular weight is 335 g/mol. The Morgan fingerprint density at radius 3 is 2.60 bits per heavy atom. The molecule has 0 aliphatic heterocycles. The van der Waals surface area contributed by atoms with Crippen LogP contribution in [0.4, 0.5) is 5.69 Å². The second-order valence-corrected chi connectivity index (χ2v) is 6.17. The number of benzene rings is 1. The van der Waals surface area contributed by atoms with Crippen LogP contribution in [0, 0.1) is 13.8 Å². The lowest BCUT2D eigenvalue weighted by molar-refractivity contribution is -0.117. The molecule has 0 radical (unpaired) electrons. The number of rotatable bonds is 4. The summed E-state index contributed by atoms with van der Waals surface area (Å²) in [6, 6.07) is 13.3. The lowest BCUT2D eigenvalue weighted by atomic mass is 9.95. The zero-order valence-electron chi connectivity index (χ0n) is 14.6. The van der Waals surface area contributed by atoms with Crippen molar-refractivity contribution in [1.82, 2.24) is 9.38 Å². The maximum Gasteiger partial charge on any atom is 0.281 e. The Balaban J connectivity index is 1.98. The number of anilines is 1. The topological polar surface area (TPSA) is 63.5 Å². The van der Waals surface area contributed by atoms with Gasteiger partial charge in [0, 0.05) is 6.20 Å². The van der Waals surface area contributed by atoms with E-state index in [0.29, 0.717) is 17.8 Å². The van der Waals surface area contributed by atoms with Crippen molar-refractivity contribution in [2.45, 2.75) is 33.1 Å². The van der Waals surface area contributed by atoms with Gasteiger partial charge in [-0.05, 0) is 43.5 Å². The summed E-state index contributed by atoms with van der Waals surface area (Å²) >= 11 is 0. The van der Waals surface area contributed by atoms with Crippen molar-refractivity contribution in [3.63, 3.8) is 0 Å². The molecule has 0 fully saturated rings. The lowest BCUT2D eigenvalue weighted by Crippen LogP contribution is -2.28. The molecule has 3 aromatic rings. The van der Waals surface area contributed by atoms with Crippen LogP contribution in [0.3, 0.4) is 0 Å². The van der Waals surface area contributed by atoms with Crippen molar-refractivity contribution < 1.29 is 4.79 Å². The Labute approximate surface area is 146 Å². The zero-order chi connectivity index (χ0) is 18.0. The normalized spacial score (nSPS) is 12.1. The molecule has 2 aromatic heterocycles. The van der Waals surface area contributed by atoms with Gasteiger partial charge in [-0.25, -0.2) is 4.98 Å². The van der Waals surface area contributed by atoms with Crippen LogP contribution in [0.25, 0.3) is 5.65 Å². The van der Waals surface area contributed by atoms with Crippen LogP contribution in [0.2, 0.25) is 0 Å². The number of hydrogen-bond acceptors (Lipinski definition) is 3. The molecule has 0 saturated heterocycles. The molecular formula is C20H21N3O2. The number of carbonyl (C=O) groups excluding carboxylic acids is 1. The predicted molar refractivity (Wildman–Crippen MR) is 99.0 cm³/mol. The van der Waals surface area contributed by atoms with E-state index in [1.807, 2.05) is 56.3 Å². The first kappa shape index (κ1) is 16.9. The van der Waals surface area contributed by atoms with Crippen molar-refractivity contribution in [1.29, 1.82) is 0 Å².